The predicted molar refractivity (Wildman–Crippen MR) is 77.4 cm³/mol. The summed E-state index contributed by atoms with van der Waals surface area (Å²) in [6.07, 6.45) is 0.0150. The van der Waals surface area contributed by atoms with Crippen molar-refractivity contribution in [3.8, 4) is 5.75 Å². The van der Waals surface area contributed by atoms with Crippen LogP contribution in [0.3, 0.4) is 0 Å². The Hall–Kier alpha value is -2.82. The zero-order valence-electron chi connectivity index (χ0n) is 11.3. The number of hydrogen-bond donors (Lipinski definition) is 1. The molecule has 0 aliphatic rings. The van der Waals surface area contributed by atoms with Crippen molar-refractivity contribution in [1.82, 2.24) is 0 Å². The number of ether oxygens (including phenoxy) is 1. The summed E-state index contributed by atoms with van der Waals surface area (Å²) >= 11 is 0. The topological polar surface area (TPSA) is 76.7 Å². The number of methoxy groups -OCH3 is 1. The fourth-order valence-corrected chi connectivity index (χ4v) is 2.29. The first-order valence-electron chi connectivity index (χ1n) is 6.34. The number of rotatable bonds is 2. The van der Waals surface area contributed by atoms with Gasteiger partial charge in [0.25, 0.3) is 0 Å². The molecule has 0 radical (unpaired) electrons. The molecule has 106 valence electrons. The Labute approximate surface area is 119 Å². The molecule has 1 aromatic heterocycles. The van der Waals surface area contributed by atoms with E-state index in [1.807, 2.05) is 0 Å². The van der Waals surface area contributed by atoms with Gasteiger partial charge in [0, 0.05) is 11.6 Å². The van der Waals surface area contributed by atoms with E-state index in [1.54, 1.807) is 18.2 Å². The fourth-order valence-electron chi connectivity index (χ4n) is 2.29. The lowest BCUT2D eigenvalue weighted by atomic mass is 10.1. The van der Waals surface area contributed by atoms with Crippen molar-refractivity contribution in [3.05, 3.63) is 52.2 Å². The van der Waals surface area contributed by atoms with Crippen LogP contribution in [-0.2, 0) is 16.0 Å². The number of carbonyl (C=O) groups excluding carboxylic acids is 1. The molecule has 0 amide bonds. The normalized spacial score (nSPS) is 10.9. The van der Waals surface area contributed by atoms with Crippen molar-refractivity contribution in [2.45, 2.75) is 6.42 Å². The molecule has 0 saturated heterocycles. The number of phenols is 1. The molecule has 21 heavy (non-hydrogen) atoms. The Bertz CT molecular complexity index is 908. The van der Waals surface area contributed by atoms with Gasteiger partial charge in [-0.3, -0.25) is 9.59 Å². The van der Waals surface area contributed by atoms with Crippen molar-refractivity contribution < 1.29 is 19.1 Å². The number of para-hydroxylation sites is 1. The standard InChI is InChI=1S/C16H12O5/c1-20-14(18)7-9-3-2-4-12-15(19)11-6-5-10(17)8-13(11)21-16(9)12/h2-6,8,17H,7H2,1H3. The van der Waals surface area contributed by atoms with Gasteiger partial charge in [-0.25, -0.2) is 0 Å². The van der Waals surface area contributed by atoms with Crippen molar-refractivity contribution in [2.75, 3.05) is 7.11 Å². The third-order valence-corrected chi connectivity index (χ3v) is 3.33. The second-order valence-corrected chi connectivity index (χ2v) is 4.66. The average molecular weight is 284 g/mol. The minimum atomic E-state index is -0.416. The van der Waals surface area contributed by atoms with Gasteiger partial charge >= 0.3 is 5.97 Å². The molecule has 1 N–H and O–H groups in total. The molecule has 0 fully saturated rings. The molecule has 5 nitrogen and oxygen atoms in total. The smallest absolute Gasteiger partial charge is 0.310 e. The zero-order valence-corrected chi connectivity index (χ0v) is 11.3. The summed E-state index contributed by atoms with van der Waals surface area (Å²) in [6, 6.07) is 9.38. The molecule has 5 heteroatoms. The zero-order chi connectivity index (χ0) is 15.0. The van der Waals surface area contributed by atoms with E-state index in [4.69, 9.17) is 4.42 Å². The van der Waals surface area contributed by atoms with Gasteiger partial charge in [-0.05, 0) is 18.2 Å². The summed E-state index contributed by atoms with van der Waals surface area (Å²) < 4.78 is 10.4. The number of benzene rings is 2. The van der Waals surface area contributed by atoms with Gasteiger partial charge in [0.2, 0.25) is 5.43 Å². The molecule has 3 rings (SSSR count). The number of fused-ring (bicyclic) bond motifs is 2. The highest BCUT2D eigenvalue weighted by Gasteiger charge is 2.13. The number of hydrogen-bond acceptors (Lipinski definition) is 5. The van der Waals surface area contributed by atoms with E-state index < -0.39 is 5.97 Å². The number of esters is 1. The van der Waals surface area contributed by atoms with Gasteiger partial charge in [0.1, 0.15) is 16.9 Å². The van der Waals surface area contributed by atoms with E-state index in [9.17, 15) is 14.7 Å². The molecule has 0 bridgehead atoms. The molecule has 0 atom stereocenters. The summed E-state index contributed by atoms with van der Waals surface area (Å²) in [5.41, 5.74) is 0.996. The molecule has 3 aromatic rings. The van der Waals surface area contributed by atoms with Crippen molar-refractivity contribution in [2.24, 2.45) is 0 Å². The van der Waals surface area contributed by atoms with E-state index in [0.29, 0.717) is 21.9 Å². The van der Waals surface area contributed by atoms with Crippen molar-refractivity contribution >= 4 is 27.9 Å². The minimum Gasteiger partial charge on any atom is -0.508 e. The van der Waals surface area contributed by atoms with E-state index in [2.05, 4.69) is 4.74 Å². The maximum atomic E-state index is 12.4. The summed E-state index contributed by atoms with van der Waals surface area (Å²) in [4.78, 5) is 23.9. The van der Waals surface area contributed by atoms with Gasteiger partial charge in [-0.2, -0.15) is 0 Å². The van der Waals surface area contributed by atoms with Gasteiger partial charge in [-0.15, -0.1) is 0 Å². The molecule has 0 aliphatic heterocycles. The van der Waals surface area contributed by atoms with Crippen LogP contribution in [0.2, 0.25) is 0 Å². The van der Waals surface area contributed by atoms with Gasteiger partial charge in [-0.1, -0.05) is 12.1 Å². The Kier molecular flexibility index (Phi) is 3.10. The first-order valence-corrected chi connectivity index (χ1v) is 6.34. The lowest BCUT2D eigenvalue weighted by Crippen LogP contribution is -2.07. The maximum Gasteiger partial charge on any atom is 0.310 e. The Morgan fingerprint density at radius 3 is 2.81 bits per heavy atom. The second-order valence-electron chi connectivity index (χ2n) is 4.66. The van der Waals surface area contributed by atoms with Crippen LogP contribution < -0.4 is 5.43 Å². The molecule has 0 unspecified atom stereocenters. The van der Waals surface area contributed by atoms with E-state index in [1.165, 1.54) is 25.3 Å². The molecule has 0 saturated carbocycles. The maximum absolute atomic E-state index is 12.4. The van der Waals surface area contributed by atoms with Crippen molar-refractivity contribution in [1.29, 1.82) is 0 Å². The minimum absolute atomic E-state index is 0.00968. The van der Waals surface area contributed by atoms with Crippen LogP contribution in [0.5, 0.6) is 5.75 Å². The Balaban J connectivity index is 2.35. The van der Waals surface area contributed by atoms with Crippen LogP contribution in [0.4, 0.5) is 0 Å². The third-order valence-electron chi connectivity index (χ3n) is 3.33. The van der Waals surface area contributed by atoms with Crippen LogP contribution in [0, 0.1) is 0 Å². The van der Waals surface area contributed by atoms with Crippen LogP contribution in [0.15, 0.2) is 45.6 Å². The molecular weight excluding hydrogens is 272 g/mol. The van der Waals surface area contributed by atoms with Gasteiger partial charge < -0.3 is 14.3 Å². The first-order chi connectivity index (χ1) is 10.1. The largest absolute Gasteiger partial charge is 0.508 e. The van der Waals surface area contributed by atoms with Crippen molar-refractivity contribution in [3.63, 3.8) is 0 Å². The quantitative estimate of drug-likeness (QED) is 0.577. The molecule has 0 spiro atoms. The summed E-state index contributed by atoms with van der Waals surface area (Å²) in [7, 11) is 1.30. The lowest BCUT2D eigenvalue weighted by Gasteiger charge is -2.06. The second kappa shape index (κ2) is 4.94. The van der Waals surface area contributed by atoms with Crippen LogP contribution in [0.25, 0.3) is 21.9 Å². The first kappa shape index (κ1) is 13.2. The molecular formula is C16H12O5. The summed E-state index contributed by atoms with van der Waals surface area (Å²) in [5.74, 6) is -0.406. The molecule has 0 aliphatic carbocycles. The fraction of sp³-hybridized carbons (Fsp3) is 0.125. The Morgan fingerprint density at radius 1 is 1.24 bits per heavy atom. The highest BCUT2D eigenvalue weighted by molar-refractivity contribution is 5.92. The summed E-state index contributed by atoms with van der Waals surface area (Å²) in [5, 5.41) is 10.3. The number of carbonyl (C=O) groups is 1. The van der Waals surface area contributed by atoms with Crippen LogP contribution in [0.1, 0.15) is 5.56 Å². The highest BCUT2D eigenvalue weighted by Crippen LogP contribution is 2.24. The third kappa shape index (κ3) is 2.23. The average Bonchev–Trinajstić information content (AvgIpc) is 2.48. The summed E-state index contributed by atoms with van der Waals surface area (Å²) in [6.45, 7) is 0. The SMILES string of the molecule is COC(=O)Cc1cccc2c(=O)c3ccc(O)cc3oc12. The van der Waals surface area contributed by atoms with Crippen LogP contribution >= 0.6 is 0 Å². The Morgan fingerprint density at radius 2 is 2.05 bits per heavy atom. The number of phenolic OH excluding ortho intramolecular Hbond substituents is 1. The molecule has 1 heterocycles. The van der Waals surface area contributed by atoms with E-state index >= 15 is 0 Å². The van der Waals surface area contributed by atoms with Gasteiger partial charge in [0.15, 0.2) is 0 Å². The van der Waals surface area contributed by atoms with E-state index in [0.717, 1.165) is 0 Å². The monoisotopic (exact) mass is 284 g/mol. The van der Waals surface area contributed by atoms with Crippen LogP contribution in [-0.4, -0.2) is 18.2 Å². The van der Waals surface area contributed by atoms with E-state index in [-0.39, 0.29) is 23.2 Å². The number of aromatic hydroxyl groups is 1. The highest BCUT2D eigenvalue weighted by atomic mass is 16.5. The predicted octanol–water partition coefficient (Wildman–Crippen LogP) is 2.37. The van der Waals surface area contributed by atoms with Gasteiger partial charge in [0.05, 0.1) is 24.3 Å². The lowest BCUT2D eigenvalue weighted by molar-refractivity contribution is -0.139. The molecule has 2 aromatic carbocycles.